The fraction of sp³-hybridized carbons (Fsp3) is 1.00. The highest BCUT2D eigenvalue weighted by Gasteiger charge is 2.31. The smallest absolute Gasteiger partial charge is 0.158 e. The Morgan fingerprint density at radius 2 is 2.27 bits per heavy atom. The maximum Gasteiger partial charge on any atom is 0.158 e. The molecule has 11 heavy (non-hydrogen) atoms. The third-order valence-electron chi connectivity index (χ3n) is 1.91. The molecule has 1 heterocycles. The van der Waals surface area contributed by atoms with Crippen LogP contribution in [-0.2, 0) is 9.84 Å². The molecule has 1 aliphatic heterocycles. The van der Waals surface area contributed by atoms with Gasteiger partial charge in [0.1, 0.15) is 0 Å². The molecule has 0 bridgehead atoms. The van der Waals surface area contributed by atoms with Crippen LogP contribution in [0.2, 0.25) is 0 Å². The summed E-state index contributed by atoms with van der Waals surface area (Å²) in [6, 6.07) is 0. The summed E-state index contributed by atoms with van der Waals surface area (Å²) in [6.45, 7) is 2.39. The molecule has 0 aromatic rings. The van der Waals surface area contributed by atoms with Crippen molar-refractivity contribution in [3.8, 4) is 0 Å². The summed E-state index contributed by atoms with van der Waals surface area (Å²) in [5, 5.41) is 11.4. The minimum absolute atomic E-state index is 0.141. The second-order valence-corrected chi connectivity index (χ2v) is 5.19. The first-order valence-electron chi connectivity index (χ1n) is 3.64. The molecule has 1 saturated heterocycles. The largest absolute Gasteiger partial charge is 0.392 e. The van der Waals surface area contributed by atoms with Crippen LogP contribution in [0.5, 0.6) is 0 Å². The monoisotopic (exact) mass is 179 g/mol. The molecule has 1 aliphatic rings. The van der Waals surface area contributed by atoms with Gasteiger partial charge in [-0.15, -0.1) is 0 Å². The van der Waals surface area contributed by atoms with Gasteiger partial charge in [0, 0.05) is 13.1 Å². The van der Waals surface area contributed by atoms with Crippen LogP contribution in [0.3, 0.4) is 0 Å². The van der Waals surface area contributed by atoms with E-state index in [1.165, 1.54) is 6.92 Å². The van der Waals surface area contributed by atoms with Crippen LogP contribution in [0.1, 0.15) is 6.92 Å². The predicted octanol–water partition coefficient (Wildman–Crippen LogP) is -1.25. The van der Waals surface area contributed by atoms with Crippen molar-refractivity contribution in [2.75, 3.05) is 18.8 Å². The quantitative estimate of drug-likeness (QED) is 0.528. The molecule has 2 unspecified atom stereocenters. The van der Waals surface area contributed by atoms with Gasteiger partial charge < -0.3 is 10.4 Å². The Kier molecular flexibility index (Phi) is 2.51. The van der Waals surface area contributed by atoms with E-state index in [0.29, 0.717) is 13.1 Å². The third kappa shape index (κ3) is 1.91. The molecule has 1 rings (SSSR count). The van der Waals surface area contributed by atoms with Gasteiger partial charge in [-0.3, -0.25) is 0 Å². The number of sulfone groups is 1. The van der Waals surface area contributed by atoms with Gasteiger partial charge in [-0.05, 0) is 6.92 Å². The Labute approximate surface area is 66.5 Å². The standard InChI is InChI=1S/C6H13NO3S/c1-5(8)6-4-7-2-3-11(6,9)10/h5-8H,2-4H2,1H3. The van der Waals surface area contributed by atoms with Crippen molar-refractivity contribution in [3.63, 3.8) is 0 Å². The van der Waals surface area contributed by atoms with Crippen molar-refractivity contribution in [1.82, 2.24) is 5.32 Å². The summed E-state index contributed by atoms with van der Waals surface area (Å²) in [5.74, 6) is 0.141. The fourth-order valence-electron chi connectivity index (χ4n) is 1.21. The van der Waals surface area contributed by atoms with Gasteiger partial charge in [0.2, 0.25) is 0 Å². The Hall–Kier alpha value is -0.130. The summed E-state index contributed by atoms with van der Waals surface area (Å²) < 4.78 is 22.4. The van der Waals surface area contributed by atoms with E-state index in [0.717, 1.165) is 0 Å². The predicted molar refractivity (Wildman–Crippen MR) is 42.1 cm³/mol. The normalized spacial score (nSPS) is 33.1. The first-order valence-corrected chi connectivity index (χ1v) is 5.36. The SMILES string of the molecule is CC(O)C1CNCCS1(=O)=O. The molecule has 0 saturated carbocycles. The number of aliphatic hydroxyl groups is 1. The van der Waals surface area contributed by atoms with Crippen LogP contribution in [0.25, 0.3) is 0 Å². The maximum absolute atomic E-state index is 11.2. The molecule has 1 fully saturated rings. The summed E-state index contributed by atoms with van der Waals surface area (Å²) in [5.41, 5.74) is 0. The lowest BCUT2D eigenvalue weighted by atomic mass is 10.3. The van der Waals surface area contributed by atoms with Gasteiger partial charge in [0.15, 0.2) is 9.84 Å². The van der Waals surface area contributed by atoms with Crippen LogP contribution in [-0.4, -0.2) is 43.7 Å². The Morgan fingerprint density at radius 3 is 2.64 bits per heavy atom. The second kappa shape index (κ2) is 3.08. The zero-order chi connectivity index (χ0) is 8.48. The van der Waals surface area contributed by atoms with E-state index in [9.17, 15) is 8.42 Å². The van der Waals surface area contributed by atoms with E-state index in [-0.39, 0.29) is 5.75 Å². The van der Waals surface area contributed by atoms with Crippen LogP contribution in [0.15, 0.2) is 0 Å². The lowest BCUT2D eigenvalue weighted by molar-refractivity contribution is 0.184. The first-order chi connectivity index (χ1) is 5.04. The van der Waals surface area contributed by atoms with Crippen LogP contribution in [0, 0.1) is 0 Å². The summed E-state index contributed by atoms with van der Waals surface area (Å²) in [6.07, 6.45) is -0.771. The van der Waals surface area contributed by atoms with Crippen molar-refractivity contribution in [2.45, 2.75) is 18.3 Å². The highest BCUT2D eigenvalue weighted by molar-refractivity contribution is 7.92. The van der Waals surface area contributed by atoms with Gasteiger partial charge in [-0.25, -0.2) is 8.42 Å². The number of rotatable bonds is 1. The van der Waals surface area contributed by atoms with Crippen molar-refractivity contribution < 1.29 is 13.5 Å². The fourth-order valence-corrected chi connectivity index (χ4v) is 2.91. The van der Waals surface area contributed by atoms with Crippen molar-refractivity contribution >= 4 is 9.84 Å². The summed E-state index contributed by atoms with van der Waals surface area (Å²) >= 11 is 0. The highest BCUT2D eigenvalue weighted by Crippen LogP contribution is 2.09. The summed E-state index contributed by atoms with van der Waals surface area (Å²) in [7, 11) is -3.04. The summed E-state index contributed by atoms with van der Waals surface area (Å²) in [4.78, 5) is 0. The molecule has 0 aromatic heterocycles. The van der Waals surface area contributed by atoms with Crippen molar-refractivity contribution in [1.29, 1.82) is 0 Å². The highest BCUT2D eigenvalue weighted by atomic mass is 32.2. The van der Waals surface area contributed by atoms with E-state index in [1.807, 2.05) is 0 Å². The number of hydrogen-bond acceptors (Lipinski definition) is 4. The molecule has 0 aromatic carbocycles. The Bertz CT molecular complexity index is 222. The number of hydrogen-bond donors (Lipinski definition) is 2. The Balaban J connectivity index is 2.76. The maximum atomic E-state index is 11.2. The van der Waals surface area contributed by atoms with Crippen LogP contribution < -0.4 is 5.32 Å². The lowest BCUT2D eigenvalue weighted by Gasteiger charge is -2.25. The topological polar surface area (TPSA) is 66.4 Å². The second-order valence-electron chi connectivity index (χ2n) is 2.85. The minimum Gasteiger partial charge on any atom is -0.392 e. The molecule has 4 nitrogen and oxygen atoms in total. The zero-order valence-electron chi connectivity index (χ0n) is 6.45. The molecule has 66 valence electrons. The molecule has 2 atom stereocenters. The molecular formula is C6H13NO3S. The van der Waals surface area contributed by atoms with Gasteiger partial charge in [0.05, 0.1) is 17.1 Å². The van der Waals surface area contributed by atoms with Gasteiger partial charge in [-0.2, -0.15) is 0 Å². The van der Waals surface area contributed by atoms with E-state index in [2.05, 4.69) is 5.32 Å². The van der Waals surface area contributed by atoms with E-state index >= 15 is 0 Å². The van der Waals surface area contributed by atoms with E-state index in [4.69, 9.17) is 5.11 Å². The molecule has 0 radical (unpaired) electrons. The van der Waals surface area contributed by atoms with Crippen molar-refractivity contribution in [2.24, 2.45) is 0 Å². The van der Waals surface area contributed by atoms with Gasteiger partial charge in [0.25, 0.3) is 0 Å². The molecule has 0 amide bonds. The number of nitrogens with one attached hydrogen (secondary N) is 1. The average Bonchev–Trinajstić information content (AvgIpc) is 1.85. The molecule has 0 spiro atoms. The molecule has 2 N–H and O–H groups in total. The average molecular weight is 179 g/mol. The van der Waals surface area contributed by atoms with E-state index < -0.39 is 21.2 Å². The third-order valence-corrected chi connectivity index (χ3v) is 4.16. The first kappa shape index (κ1) is 8.96. The zero-order valence-corrected chi connectivity index (χ0v) is 7.26. The van der Waals surface area contributed by atoms with E-state index in [1.54, 1.807) is 0 Å². The van der Waals surface area contributed by atoms with Gasteiger partial charge >= 0.3 is 0 Å². The van der Waals surface area contributed by atoms with Crippen LogP contribution in [0.4, 0.5) is 0 Å². The lowest BCUT2D eigenvalue weighted by Crippen LogP contribution is -2.48. The molecule has 0 aliphatic carbocycles. The van der Waals surface area contributed by atoms with Gasteiger partial charge in [-0.1, -0.05) is 0 Å². The number of aliphatic hydroxyl groups excluding tert-OH is 1. The molecule has 5 heteroatoms. The Morgan fingerprint density at radius 1 is 1.64 bits per heavy atom. The van der Waals surface area contributed by atoms with Crippen molar-refractivity contribution in [3.05, 3.63) is 0 Å². The van der Waals surface area contributed by atoms with Crippen LogP contribution >= 0.6 is 0 Å². The minimum atomic E-state index is -3.04. The molecular weight excluding hydrogens is 166 g/mol.